The van der Waals surface area contributed by atoms with Crippen molar-refractivity contribution in [2.75, 3.05) is 13.2 Å². The summed E-state index contributed by atoms with van der Waals surface area (Å²) in [5.41, 5.74) is 1.16. The number of carbonyl (C=O) groups is 1. The van der Waals surface area contributed by atoms with Gasteiger partial charge in [0, 0.05) is 11.0 Å². The van der Waals surface area contributed by atoms with Gasteiger partial charge in [0.05, 0.1) is 18.8 Å². The van der Waals surface area contributed by atoms with Gasteiger partial charge < -0.3 is 14.6 Å². The van der Waals surface area contributed by atoms with E-state index in [-0.39, 0.29) is 17.3 Å². The van der Waals surface area contributed by atoms with Crippen molar-refractivity contribution in [2.45, 2.75) is 20.1 Å². The number of benzene rings is 1. The molecule has 0 bridgehead atoms. The maximum absolute atomic E-state index is 10.7. The average Bonchev–Trinajstić information content (AvgIpc) is 2.29. The van der Waals surface area contributed by atoms with Crippen LogP contribution in [-0.4, -0.2) is 24.3 Å². The zero-order chi connectivity index (χ0) is 12.5. The highest BCUT2D eigenvalue weighted by Crippen LogP contribution is 2.30. The Morgan fingerprint density at radius 1 is 1.24 bits per heavy atom. The molecule has 4 nitrogen and oxygen atoms in total. The molecule has 1 aliphatic rings. The third-order valence-corrected chi connectivity index (χ3v) is 2.68. The van der Waals surface area contributed by atoms with Crippen molar-refractivity contribution >= 4 is 5.97 Å². The minimum atomic E-state index is -0.928. The second-order valence-corrected chi connectivity index (χ2v) is 5.05. The molecule has 92 valence electrons. The minimum absolute atomic E-state index is 0.0392. The summed E-state index contributed by atoms with van der Waals surface area (Å²) in [6.07, 6.45) is -0.383. The van der Waals surface area contributed by atoms with Crippen LogP contribution in [0.2, 0.25) is 0 Å². The van der Waals surface area contributed by atoms with Crippen molar-refractivity contribution in [1.82, 2.24) is 0 Å². The summed E-state index contributed by atoms with van der Waals surface area (Å²) in [6, 6.07) is 6.58. The van der Waals surface area contributed by atoms with Crippen molar-refractivity contribution in [1.29, 1.82) is 0 Å². The molecule has 0 unspecified atom stereocenters. The average molecular weight is 236 g/mol. The van der Waals surface area contributed by atoms with Crippen LogP contribution >= 0.6 is 0 Å². The standard InChI is InChI=1S/C13H16O4/c1-13(2)7-16-12(17-8-13)10-5-3-9(4-6-10)11(14)15/h3-6,12H,7-8H2,1-2H3,(H,14,15). The molecular formula is C13H16O4. The Bertz CT molecular complexity index is 398. The van der Waals surface area contributed by atoms with E-state index in [1.807, 2.05) is 0 Å². The van der Waals surface area contributed by atoms with E-state index in [1.54, 1.807) is 24.3 Å². The Labute approximate surface area is 100 Å². The number of carboxylic acid groups (broad SMARTS) is 1. The summed E-state index contributed by atoms with van der Waals surface area (Å²) in [4.78, 5) is 10.7. The fourth-order valence-corrected chi connectivity index (χ4v) is 1.67. The second-order valence-electron chi connectivity index (χ2n) is 5.05. The van der Waals surface area contributed by atoms with Gasteiger partial charge in [0.15, 0.2) is 6.29 Å². The van der Waals surface area contributed by atoms with Crippen LogP contribution in [0.3, 0.4) is 0 Å². The third kappa shape index (κ3) is 2.84. The van der Waals surface area contributed by atoms with Crippen LogP contribution in [0.15, 0.2) is 24.3 Å². The van der Waals surface area contributed by atoms with Gasteiger partial charge >= 0.3 is 5.97 Å². The molecule has 4 heteroatoms. The predicted octanol–water partition coefficient (Wildman–Crippen LogP) is 2.46. The van der Waals surface area contributed by atoms with E-state index >= 15 is 0 Å². The normalized spacial score (nSPS) is 20.1. The van der Waals surface area contributed by atoms with Gasteiger partial charge in [0.2, 0.25) is 0 Å². The third-order valence-electron chi connectivity index (χ3n) is 2.68. The van der Waals surface area contributed by atoms with Crippen LogP contribution < -0.4 is 0 Å². The molecule has 1 fully saturated rings. The molecule has 0 aliphatic carbocycles. The zero-order valence-electron chi connectivity index (χ0n) is 9.97. The highest BCUT2D eigenvalue weighted by Gasteiger charge is 2.29. The molecular weight excluding hydrogens is 220 g/mol. The van der Waals surface area contributed by atoms with Gasteiger partial charge in [0.25, 0.3) is 0 Å². The Morgan fingerprint density at radius 2 is 1.76 bits per heavy atom. The zero-order valence-corrected chi connectivity index (χ0v) is 9.97. The van der Waals surface area contributed by atoms with Gasteiger partial charge in [0.1, 0.15) is 0 Å². The first-order valence-electron chi connectivity index (χ1n) is 5.54. The van der Waals surface area contributed by atoms with Crippen molar-refractivity contribution in [3.8, 4) is 0 Å². The molecule has 0 radical (unpaired) electrons. The number of rotatable bonds is 2. The van der Waals surface area contributed by atoms with Crippen LogP contribution in [0.5, 0.6) is 0 Å². The molecule has 1 aromatic rings. The number of carboxylic acids is 1. The number of ether oxygens (including phenoxy) is 2. The van der Waals surface area contributed by atoms with Gasteiger partial charge in [-0.15, -0.1) is 0 Å². The largest absolute Gasteiger partial charge is 0.478 e. The van der Waals surface area contributed by atoms with Crippen molar-refractivity contribution in [3.05, 3.63) is 35.4 Å². The summed E-state index contributed by atoms with van der Waals surface area (Å²) >= 11 is 0. The summed E-state index contributed by atoms with van der Waals surface area (Å²) < 4.78 is 11.2. The molecule has 0 spiro atoms. The number of hydrogen-bond acceptors (Lipinski definition) is 3. The minimum Gasteiger partial charge on any atom is -0.478 e. The summed E-state index contributed by atoms with van der Waals surface area (Å²) in [7, 11) is 0. The molecule has 1 aliphatic heterocycles. The monoisotopic (exact) mass is 236 g/mol. The van der Waals surface area contributed by atoms with Crippen LogP contribution in [0.1, 0.15) is 36.1 Å². The molecule has 0 aromatic heterocycles. The number of aromatic carboxylic acids is 1. The Hall–Kier alpha value is -1.39. The van der Waals surface area contributed by atoms with Crippen LogP contribution in [-0.2, 0) is 9.47 Å². The molecule has 1 heterocycles. The smallest absolute Gasteiger partial charge is 0.335 e. The molecule has 2 rings (SSSR count). The first kappa shape index (κ1) is 12.1. The van der Waals surface area contributed by atoms with Gasteiger partial charge in [-0.3, -0.25) is 0 Å². The maximum atomic E-state index is 10.7. The summed E-state index contributed by atoms with van der Waals surface area (Å²) in [5, 5.41) is 8.79. The first-order valence-corrected chi connectivity index (χ1v) is 5.54. The fraction of sp³-hybridized carbons (Fsp3) is 0.462. The lowest BCUT2D eigenvalue weighted by molar-refractivity contribution is -0.226. The second kappa shape index (κ2) is 4.47. The Kier molecular flexibility index (Phi) is 3.17. The molecule has 17 heavy (non-hydrogen) atoms. The Morgan fingerprint density at radius 3 is 2.24 bits per heavy atom. The molecule has 0 atom stereocenters. The van der Waals surface area contributed by atoms with E-state index in [2.05, 4.69) is 13.8 Å². The van der Waals surface area contributed by atoms with E-state index in [4.69, 9.17) is 14.6 Å². The topological polar surface area (TPSA) is 55.8 Å². The molecule has 1 N–H and O–H groups in total. The SMILES string of the molecule is CC1(C)COC(c2ccc(C(=O)O)cc2)OC1. The van der Waals surface area contributed by atoms with E-state index in [9.17, 15) is 4.79 Å². The lowest BCUT2D eigenvalue weighted by Gasteiger charge is -2.34. The molecule has 1 aromatic carbocycles. The van der Waals surface area contributed by atoms with E-state index in [0.29, 0.717) is 13.2 Å². The predicted molar refractivity (Wildman–Crippen MR) is 61.8 cm³/mol. The van der Waals surface area contributed by atoms with Crippen LogP contribution in [0.25, 0.3) is 0 Å². The van der Waals surface area contributed by atoms with Crippen LogP contribution in [0.4, 0.5) is 0 Å². The fourth-order valence-electron chi connectivity index (χ4n) is 1.67. The van der Waals surface area contributed by atoms with Gasteiger partial charge in [-0.25, -0.2) is 4.79 Å². The van der Waals surface area contributed by atoms with Crippen LogP contribution in [0, 0.1) is 5.41 Å². The lowest BCUT2D eigenvalue weighted by atomic mass is 9.95. The van der Waals surface area contributed by atoms with E-state index in [0.717, 1.165) is 5.56 Å². The quantitative estimate of drug-likeness (QED) is 0.857. The molecule has 0 amide bonds. The summed E-state index contributed by atoms with van der Waals surface area (Å²) in [6.45, 7) is 5.43. The highest BCUT2D eigenvalue weighted by atomic mass is 16.7. The number of hydrogen-bond donors (Lipinski definition) is 1. The first-order chi connectivity index (χ1) is 7.98. The van der Waals surface area contributed by atoms with Gasteiger partial charge in [-0.05, 0) is 12.1 Å². The van der Waals surface area contributed by atoms with Gasteiger partial charge in [-0.1, -0.05) is 26.0 Å². The van der Waals surface area contributed by atoms with Crippen molar-refractivity contribution < 1.29 is 19.4 Å². The van der Waals surface area contributed by atoms with E-state index < -0.39 is 5.97 Å². The molecule has 1 saturated heterocycles. The molecule has 0 saturated carbocycles. The van der Waals surface area contributed by atoms with Gasteiger partial charge in [-0.2, -0.15) is 0 Å². The highest BCUT2D eigenvalue weighted by molar-refractivity contribution is 5.87. The van der Waals surface area contributed by atoms with E-state index in [1.165, 1.54) is 0 Å². The van der Waals surface area contributed by atoms with Crippen molar-refractivity contribution in [2.24, 2.45) is 5.41 Å². The maximum Gasteiger partial charge on any atom is 0.335 e. The van der Waals surface area contributed by atoms with Crippen molar-refractivity contribution in [3.63, 3.8) is 0 Å². The summed E-state index contributed by atoms with van der Waals surface area (Å²) in [5.74, 6) is -0.928. The Balaban J connectivity index is 2.06. The lowest BCUT2D eigenvalue weighted by Crippen LogP contribution is -2.33.